The standard InChI is InChI=1S/C6H10OS2/c1-3-8-6(5-7)9-4-2/h3-4H2,1-2H3. The zero-order valence-corrected chi connectivity index (χ0v) is 7.27. The Morgan fingerprint density at radius 3 is 2.00 bits per heavy atom. The molecule has 0 spiro atoms. The third-order valence-corrected chi connectivity index (χ3v) is 2.61. The zero-order chi connectivity index (χ0) is 7.11. The maximum absolute atomic E-state index is 10.1. The Bertz CT molecular complexity index is 108. The van der Waals surface area contributed by atoms with Crippen molar-refractivity contribution in [2.75, 3.05) is 11.5 Å². The van der Waals surface area contributed by atoms with Gasteiger partial charge in [-0.15, -0.1) is 23.5 Å². The predicted molar refractivity (Wildman–Crippen MR) is 45.5 cm³/mol. The van der Waals surface area contributed by atoms with E-state index >= 15 is 0 Å². The molecular weight excluding hydrogens is 152 g/mol. The number of rotatable bonds is 4. The molecule has 0 amide bonds. The summed E-state index contributed by atoms with van der Waals surface area (Å²) in [6.07, 6.45) is 0. The van der Waals surface area contributed by atoms with Crippen molar-refractivity contribution in [3.05, 3.63) is 4.24 Å². The molecule has 0 aromatic carbocycles. The molecule has 0 aliphatic rings. The highest BCUT2D eigenvalue weighted by Crippen LogP contribution is 2.24. The molecule has 3 heteroatoms. The monoisotopic (exact) mass is 162 g/mol. The summed E-state index contributed by atoms with van der Waals surface area (Å²) < 4.78 is 0.778. The minimum Gasteiger partial charge on any atom is -0.232 e. The Morgan fingerprint density at radius 1 is 1.33 bits per heavy atom. The molecule has 0 heterocycles. The summed E-state index contributed by atoms with van der Waals surface area (Å²) in [5.41, 5.74) is 0. The van der Waals surface area contributed by atoms with Gasteiger partial charge in [0.05, 0.1) is 0 Å². The molecule has 0 saturated carbocycles. The molecule has 0 saturated heterocycles. The molecule has 0 aliphatic carbocycles. The van der Waals surface area contributed by atoms with Gasteiger partial charge in [0.15, 0.2) is 0 Å². The first-order valence-corrected chi connectivity index (χ1v) is 4.83. The summed E-state index contributed by atoms with van der Waals surface area (Å²) in [6.45, 7) is 4.05. The predicted octanol–water partition coefficient (Wildman–Crippen LogP) is 2.17. The van der Waals surface area contributed by atoms with Crippen molar-refractivity contribution in [2.45, 2.75) is 13.8 Å². The van der Waals surface area contributed by atoms with Crippen LogP contribution in [0.25, 0.3) is 0 Å². The highest BCUT2D eigenvalue weighted by molar-refractivity contribution is 8.22. The molecule has 52 valence electrons. The minimum absolute atomic E-state index is 0.778. The summed E-state index contributed by atoms with van der Waals surface area (Å²) in [5, 5.41) is 0. The Kier molecular flexibility index (Phi) is 6.38. The van der Waals surface area contributed by atoms with Gasteiger partial charge in [-0.1, -0.05) is 13.8 Å². The van der Waals surface area contributed by atoms with E-state index in [9.17, 15) is 4.79 Å². The van der Waals surface area contributed by atoms with Crippen LogP contribution < -0.4 is 0 Å². The van der Waals surface area contributed by atoms with Gasteiger partial charge in [-0.05, 0) is 11.5 Å². The van der Waals surface area contributed by atoms with Gasteiger partial charge < -0.3 is 0 Å². The van der Waals surface area contributed by atoms with E-state index in [4.69, 9.17) is 0 Å². The molecular formula is C6H10OS2. The third kappa shape index (κ3) is 4.64. The number of carbonyl (C=O) groups excluding carboxylic acids is 1. The fourth-order valence-corrected chi connectivity index (χ4v) is 2.05. The zero-order valence-electron chi connectivity index (χ0n) is 5.64. The second-order valence-corrected chi connectivity index (χ2v) is 4.06. The number of hydrogen-bond donors (Lipinski definition) is 0. The van der Waals surface area contributed by atoms with E-state index in [1.54, 1.807) is 23.5 Å². The van der Waals surface area contributed by atoms with Gasteiger partial charge in [-0.25, -0.2) is 4.79 Å². The molecule has 0 unspecified atom stereocenters. The van der Waals surface area contributed by atoms with Gasteiger partial charge in [0.2, 0.25) is 0 Å². The molecule has 0 rings (SSSR count). The fraction of sp³-hybridized carbons (Fsp3) is 0.667. The van der Waals surface area contributed by atoms with Crippen LogP contribution >= 0.6 is 23.5 Å². The molecule has 0 aromatic rings. The van der Waals surface area contributed by atoms with Crippen LogP contribution in [-0.4, -0.2) is 17.4 Å². The normalized spacial score (nSPS) is 8.67. The van der Waals surface area contributed by atoms with Gasteiger partial charge >= 0.3 is 0 Å². The van der Waals surface area contributed by atoms with Crippen molar-refractivity contribution in [1.82, 2.24) is 0 Å². The van der Waals surface area contributed by atoms with Crippen LogP contribution in [0.3, 0.4) is 0 Å². The molecule has 1 nitrogen and oxygen atoms in total. The first-order valence-electron chi connectivity index (χ1n) is 2.85. The maximum atomic E-state index is 10.1. The Morgan fingerprint density at radius 2 is 1.78 bits per heavy atom. The van der Waals surface area contributed by atoms with Crippen molar-refractivity contribution in [2.24, 2.45) is 0 Å². The van der Waals surface area contributed by atoms with Crippen molar-refractivity contribution in [3.8, 4) is 0 Å². The summed E-state index contributed by atoms with van der Waals surface area (Å²) in [7, 11) is 0. The lowest BCUT2D eigenvalue weighted by molar-refractivity contribution is 0.569. The van der Waals surface area contributed by atoms with Gasteiger partial charge in [0.1, 0.15) is 10.2 Å². The van der Waals surface area contributed by atoms with Crippen LogP contribution in [0, 0.1) is 0 Å². The van der Waals surface area contributed by atoms with Gasteiger partial charge in [-0.2, -0.15) is 0 Å². The molecule has 0 N–H and O–H groups in total. The second-order valence-electron chi connectivity index (χ2n) is 1.26. The lowest BCUT2D eigenvalue weighted by Gasteiger charge is -1.94. The van der Waals surface area contributed by atoms with E-state index in [2.05, 4.69) is 0 Å². The van der Waals surface area contributed by atoms with Crippen LogP contribution in [0.5, 0.6) is 0 Å². The van der Waals surface area contributed by atoms with Crippen LogP contribution in [0.2, 0.25) is 0 Å². The molecule has 0 atom stereocenters. The maximum Gasteiger partial charge on any atom is 0.146 e. The van der Waals surface area contributed by atoms with Crippen molar-refractivity contribution in [3.63, 3.8) is 0 Å². The molecule has 0 fully saturated rings. The summed E-state index contributed by atoms with van der Waals surface area (Å²) in [5.74, 6) is 3.81. The smallest absolute Gasteiger partial charge is 0.146 e. The largest absolute Gasteiger partial charge is 0.232 e. The van der Waals surface area contributed by atoms with E-state index in [0.717, 1.165) is 15.7 Å². The van der Waals surface area contributed by atoms with Crippen molar-refractivity contribution < 1.29 is 4.79 Å². The Balaban J connectivity index is 3.57. The highest BCUT2D eigenvalue weighted by Gasteiger charge is 1.94. The van der Waals surface area contributed by atoms with Crippen LogP contribution in [-0.2, 0) is 4.79 Å². The summed E-state index contributed by atoms with van der Waals surface area (Å²) in [4.78, 5) is 10.1. The average Bonchev–Trinajstić information content (AvgIpc) is 1.88. The fourth-order valence-electron chi connectivity index (χ4n) is 0.363. The van der Waals surface area contributed by atoms with E-state index in [1.165, 1.54) is 0 Å². The number of hydrogen-bond acceptors (Lipinski definition) is 3. The van der Waals surface area contributed by atoms with Gasteiger partial charge in [-0.3, -0.25) is 0 Å². The lowest BCUT2D eigenvalue weighted by atomic mass is 11.0. The quantitative estimate of drug-likeness (QED) is 0.590. The minimum atomic E-state index is 0.778. The summed E-state index contributed by atoms with van der Waals surface area (Å²) >= 11 is 3.11. The topological polar surface area (TPSA) is 17.1 Å². The summed E-state index contributed by atoms with van der Waals surface area (Å²) in [6, 6.07) is 0. The van der Waals surface area contributed by atoms with E-state index in [1.807, 2.05) is 19.8 Å². The van der Waals surface area contributed by atoms with Crippen LogP contribution in [0.15, 0.2) is 4.24 Å². The Labute approximate surface area is 64.3 Å². The van der Waals surface area contributed by atoms with Gasteiger partial charge in [0, 0.05) is 0 Å². The highest BCUT2D eigenvalue weighted by atomic mass is 32.2. The first-order chi connectivity index (χ1) is 4.35. The van der Waals surface area contributed by atoms with E-state index < -0.39 is 0 Å². The van der Waals surface area contributed by atoms with E-state index in [0.29, 0.717) is 0 Å². The molecule has 0 aromatic heterocycles. The third-order valence-electron chi connectivity index (χ3n) is 0.634. The molecule has 0 bridgehead atoms. The van der Waals surface area contributed by atoms with Gasteiger partial charge in [0.25, 0.3) is 0 Å². The van der Waals surface area contributed by atoms with Crippen molar-refractivity contribution >= 4 is 29.5 Å². The average molecular weight is 162 g/mol. The molecule has 9 heavy (non-hydrogen) atoms. The molecule has 0 radical (unpaired) electrons. The SMILES string of the molecule is CCSC(=C=O)SCC. The Hall–Kier alpha value is 0.150. The van der Waals surface area contributed by atoms with Crippen molar-refractivity contribution in [1.29, 1.82) is 0 Å². The van der Waals surface area contributed by atoms with Crippen LogP contribution in [0.4, 0.5) is 0 Å². The second kappa shape index (κ2) is 6.27. The first kappa shape index (κ1) is 9.15. The lowest BCUT2D eigenvalue weighted by Crippen LogP contribution is -1.73. The molecule has 0 aliphatic heterocycles. The number of thioether (sulfide) groups is 2. The van der Waals surface area contributed by atoms with Crippen LogP contribution in [0.1, 0.15) is 13.8 Å². The van der Waals surface area contributed by atoms with E-state index in [-0.39, 0.29) is 0 Å².